The van der Waals surface area contributed by atoms with E-state index >= 15 is 0 Å². The highest BCUT2D eigenvalue weighted by Gasteiger charge is 2.05. The lowest BCUT2D eigenvalue weighted by Gasteiger charge is -2.09. The van der Waals surface area contributed by atoms with E-state index in [1.807, 2.05) is 31.3 Å². The maximum Gasteiger partial charge on any atom is 0.226 e. The monoisotopic (exact) mass is 227 g/mol. The molecule has 5 heteroatoms. The molecule has 0 radical (unpaired) electrons. The van der Waals surface area contributed by atoms with E-state index < -0.39 is 0 Å². The van der Waals surface area contributed by atoms with Crippen molar-refractivity contribution < 1.29 is 4.79 Å². The van der Waals surface area contributed by atoms with Crippen LogP contribution in [-0.2, 0) is 11.2 Å². The third-order valence-corrected chi connectivity index (χ3v) is 2.71. The molecule has 0 saturated carbocycles. The van der Waals surface area contributed by atoms with Crippen molar-refractivity contribution in [1.82, 2.24) is 15.2 Å². The van der Waals surface area contributed by atoms with E-state index in [0.717, 1.165) is 17.2 Å². The number of likely N-dealkylation sites (N-methyl/N-ethyl adjacent to an activating group) is 1. The fourth-order valence-corrected chi connectivity index (χ4v) is 1.75. The van der Waals surface area contributed by atoms with E-state index in [-0.39, 0.29) is 5.91 Å². The zero-order valence-electron chi connectivity index (χ0n) is 9.41. The van der Waals surface area contributed by atoms with Crippen molar-refractivity contribution in [3.05, 3.63) is 16.1 Å². The van der Waals surface area contributed by atoms with Crippen LogP contribution in [0.2, 0.25) is 0 Å². The maximum atomic E-state index is 11.4. The largest absolute Gasteiger partial charge is 0.354 e. The summed E-state index contributed by atoms with van der Waals surface area (Å²) in [6, 6.07) is 0. The minimum absolute atomic E-state index is 0.0437. The summed E-state index contributed by atoms with van der Waals surface area (Å²) in [7, 11) is 3.96. The van der Waals surface area contributed by atoms with Crippen molar-refractivity contribution in [3.8, 4) is 0 Å². The van der Waals surface area contributed by atoms with Crippen molar-refractivity contribution in [2.75, 3.05) is 27.2 Å². The summed E-state index contributed by atoms with van der Waals surface area (Å²) in [4.78, 5) is 17.7. The van der Waals surface area contributed by atoms with Crippen LogP contribution in [0.3, 0.4) is 0 Å². The number of hydrogen-bond donors (Lipinski definition) is 1. The van der Waals surface area contributed by atoms with E-state index in [4.69, 9.17) is 0 Å². The van der Waals surface area contributed by atoms with Gasteiger partial charge in [0.2, 0.25) is 5.91 Å². The molecule has 1 amide bonds. The third kappa shape index (κ3) is 4.90. The Morgan fingerprint density at radius 2 is 2.33 bits per heavy atom. The van der Waals surface area contributed by atoms with Crippen LogP contribution in [-0.4, -0.2) is 43.0 Å². The number of carbonyl (C=O) groups excluding carboxylic acids is 1. The summed E-state index contributed by atoms with van der Waals surface area (Å²) in [6.07, 6.45) is 0.387. The fraction of sp³-hybridized carbons (Fsp3) is 0.600. The summed E-state index contributed by atoms with van der Waals surface area (Å²) >= 11 is 1.58. The summed E-state index contributed by atoms with van der Waals surface area (Å²) in [5.41, 5.74) is 0.861. The van der Waals surface area contributed by atoms with Crippen LogP contribution in [0.25, 0.3) is 0 Å². The molecule has 0 atom stereocenters. The second-order valence-corrected chi connectivity index (χ2v) is 4.75. The molecule has 1 heterocycles. The van der Waals surface area contributed by atoms with Crippen molar-refractivity contribution in [3.63, 3.8) is 0 Å². The number of amides is 1. The molecule has 0 aliphatic carbocycles. The number of aryl methyl sites for hydroxylation is 1. The molecular weight excluding hydrogens is 210 g/mol. The van der Waals surface area contributed by atoms with Crippen molar-refractivity contribution >= 4 is 17.2 Å². The lowest BCUT2D eigenvalue weighted by Crippen LogP contribution is -2.32. The van der Waals surface area contributed by atoms with Gasteiger partial charge in [0.1, 0.15) is 0 Å². The molecule has 1 aromatic heterocycles. The van der Waals surface area contributed by atoms with Gasteiger partial charge in [0.25, 0.3) is 0 Å². The van der Waals surface area contributed by atoms with Crippen LogP contribution in [0, 0.1) is 6.92 Å². The molecule has 1 aromatic rings. The number of nitrogens with zero attached hydrogens (tertiary/aromatic N) is 2. The number of rotatable bonds is 5. The minimum atomic E-state index is 0.0437. The Hall–Kier alpha value is -0.940. The molecule has 1 rings (SSSR count). The molecule has 4 nitrogen and oxygen atoms in total. The summed E-state index contributed by atoms with van der Waals surface area (Å²) in [5, 5.41) is 5.79. The summed E-state index contributed by atoms with van der Waals surface area (Å²) in [5.74, 6) is 0.0437. The Morgan fingerprint density at radius 1 is 1.60 bits per heavy atom. The molecule has 0 aliphatic rings. The summed E-state index contributed by atoms with van der Waals surface area (Å²) in [6.45, 7) is 3.49. The van der Waals surface area contributed by atoms with Crippen molar-refractivity contribution in [2.24, 2.45) is 0 Å². The Kier molecular flexibility index (Phi) is 4.71. The van der Waals surface area contributed by atoms with Gasteiger partial charge < -0.3 is 10.2 Å². The van der Waals surface area contributed by atoms with Crippen molar-refractivity contribution in [1.29, 1.82) is 0 Å². The van der Waals surface area contributed by atoms with Gasteiger partial charge in [-0.1, -0.05) is 0 Å². The SMILES string of the molecule is Cc1nc(CC(=O)NCCN(C)C)cs1. The van der Waals surface area contributed by atoms with E-state index in [2.05, 4.69) is 10.3 Å². The second-order valence-electron chi connectivity index (χ2n) is 3.69. The summed E-state index contributed by atoms with van der Waals surface area (Å²) < 4.78 is 0. The highest BCUT2D eigenvalue weighted by Crippen LogP contribution is 2.07. The van der Waals surface area contributed by atoms with Gasteiger partial charge in [0, 0.05) is 18.5 Å². The zero-order valence-corrected chi connectivity index (χ0v) is 10.2. The predicted molar refractivity (Wildman–Crippen MR) is 62.1 cm³/mol. The Morgan fingerprint density at radius 3 is 2.87 bits per heavy atom. The second kappa shape index (κ2) is 5.82. The van der Waals surface area contributed by atoms with Gasteiger partial charge >= 0.3 is 0 Å². The fourth-order valence-electron chi connectivity index (χ4n) is 1.14. The van der Waals surface area contributed by atoms with Gasteiger partial charge in [0.05, 0.1) is 17.1 Å². The highest BCUT2D eigenvalue weighted by atomic mass is 32.1. The lowest BCUT2D eigenvalue weighted by molar-refractivity contribution is -0.120. The molecule has 84 valence electrons. The van der Waals surface area contributed by atoms with Crippen molar-refractivity contribution in [2.45, 2.75) is 13.3 Å². The smallest absolute Gasteiger partial charge is 0.226 e. The Bertz CT molecular complexity index is 322. The lowest BCUT2D eigenvalue weighted by atomic mass is 10.3. The van der Waals surface area contributed by atoms with Crippen LogP contribution >= 0.6 is 11.3 Å². The predicted octanol–water partition coefficient (Wildman–Crippen LogP) is 0.672. The van der Waals surface area contributed by atoms with E-state index in [9.17, 15) is 4.79 Å². The van der Waals surface area contributed by atoms with Crippen LogP contribution in [0.5, 0.6) is 0 Å². The quantitative estimate of drug-likeness (QED) is 0.804. The first-order valence-corrected chi connectivity index (χ1v) is 5.78. The Balaban J connectivity index is 2.24. The van der Waals surface area contributed by atoms with Gasteiger partial charge in [0.15, 0.2) is 0 Å². The average Bonchev–Trinajstić information content (AvgIpc) is 2.50. The van der Waals surface area contributed by atoms with E-state index in [0.29, 0.717) is 13.0 Å². The normalized spacial score (nSPS) is 10.7. The van der Waals surface area contributed by atoms with Gasteiger partial charge in [-0.25, -0.2) is 4.98 Å². The van der Waals surface area contributed by atoms with Gasteiger partial charge in [-0.15, -0.1) is 11.3 Å². The molecule has 0 unspecified atom stereocenters. The third-order valence-electron chi connectivity index (χ3n) is 1.89. The standard InChI is InChI=1S/C10H17N3OS/c1-8-12-9(7-15-8)6-10(14)11-4-5-13(2)3/h7H,4-6H2,1-3H3,(H,11,14). The number of nitrogens with one attached hydrogen (secondary N) is 1. The molecule has 0 bridgehead atoms. The molecule has 0 spiro atoms. The van der Waals surface area contributed by atoms with Crippen LogP contribution in [0.15, 0.2) is 5.38 Å². The molecule has 0 aliphatic heterocycles. The molecule has 0 saturated heterocycles. The molecule has 0 fully saturated rings. The maximum absolute atomic E-state index is 11.4. The van der Waals surface area contributed by atoms with Gasteiger partial charge in [-0.2, -0.15) is 0 Å². The minimum Gasteiger partial charge on any atom is -0.354 e. The topological polar surface area (TPSA) is 45.2 Å². The van der Waals surface area contributed by atoms with Gasteiger partial charge in [-0.3, -0.25) is 4.79 Å². The van der Waals surface area contributed by atoms with E-state index in [1.165, 1.54) is 0 Å². The number of aromatic nitrogens is 1. The van der Waals surface area contributed by atoms with Crippen LogP contribution < -0.4 is 5.32 Å². The number of thiazole rings is 1. The van der Waals surface area contributed by atoms with Gasteiger partial charge in [-0.05, 0) is 21.0 Å². The molecule has 1 N–H and O–H groups in total. The molecular formula is C10H17N3OS. The first kappa shape index (κ1) is 12.1. The first-order valence-electron chi connectivity index (χ1n) is 4.90. The first-order chi connectivity index (χ1) is 7.08. The molecule has 15 heavy (non-hydrogen) atoms. The molecule has 0 aromatic carbocycles. The van der Waals surface area contributed by atoms with Crippen LogP contribution in [0.4, 0.5) is 0 Å². The van der Waals surface area contributed by atoms with Crippen LogP contribution in [0.1, 0.15) is 10.7 Å². The Labute approximate surface area is 94.3 Å². The zero-order chi connectivity index (χ0) is 11.3. The number of hydrogen-bond acceptors (Lipinski definition) is 4. The average molecular weight is 227 g/mol. The highest BCUT2D eigenvalue weighted by molar-refractivity contribution is 7.09. The number of carbonyl (C=O) groups is 1. The van der Waals surface area contributed by atoms with E-state index in [1.54, 1.807) is 11.3 Å².